The fraction of sp³-hybridized carbons (Fsp3) is 0.286. The van der Waals surface area contributed by atoms with Crippen molar-refractivity contribution in [1.82, 2.24) is 0 Å². The maximum absolute atomic E-state index is 5.72. The highest BCUT2D eigenvalue weighted by atomic mass is 32.2. The van der Waals surface area contributed by atoms with Crippen LogP contribution in [-0.2, 0) is 0 Å². The van der Waals surface area contributed by atoms with E-state index in [1.54, 1.807) is 11.8 Å². The second kappa shape index (κ2) is 5.80. The molecule has 0 radical (unpaired) electrons. The molecular formula is C14H16OS. The SMILES string of the molecule is CCCOc1ccccc1SC1=CCC=C1. The van der Waals surface area contributed by atoms with E-state index < -0.39 is 0 Å². The average molecular weight is 232 g/mol. The number of hydrogen-bond donors (Lipinski definition) is 0. The number of thioether (sulfide) groups is 1. The van der Waals surface area contributed by atoms with Gasteiger partial charge in [0, 0.05) is 4.91 Å². The van der Waals surface area contributed by atoms with Crippen LogP contribution in [0, 0.1) is 0 Å². The smallest absolute Gasteiger partial charge is 0.133 e. The summed E-state index contributed by atoms with van der Waals surface area (Å²) < 4.78 is 5.72. The fourth-order valence-corrected chi connectivity index (χ4v) is 2.48. The monoisotopic (exact) mass is 232 g/mol. The van der Waals surface area contributed by atoms with Gasteiger partial charge in [-0.2, -0.15) is 0 Å². The van der Waals surface area contributed by atoms with Crippen molar-refractivity contribution in [2.75, 3.05) is 6.61 Å². The van der Waals surface area contributed by atoms with Crippen LogP contribution in [0.4, 0.5) is 0 Å². The molecule has 0 N–H and O–H groups in total. The first-order valence-corrected chi connectivity index (χ1v) is 6.48. The van der Waals surface area contributed by atoms with Crippen molar-refractivity contribution in [3.8, 4) is 5.75 Å². The Morgan fingerprint density at radius 1 is 1.31 bits per heavy atom. The van der Waals surface area contributed by atoms with Crippen LogP contribution in [0.5, 0.6) is 5.75 Å². The average Bonchev–Trinajstić information content (AvgIpc) is 2.81. The third-order valence-electron chi connectivity index (χ3n) is 2.28. The Balaban J connectivity index is 2.09. The highest BCUT2D eigenvalue weighted by Crippen LogP contribution is 2.36. The highest BCUT2D eigenvalue weighted by molar-refractivity contribution is 8.03. The van der Waals surface area contributed by atoms with E-state index in [-0.39, 0.29) is 0 Å². The topological polar surface area (TPSA) is 9.23 Å². The van der Waals surface area contributed by atoms with Gasteiger partial charge in [-0.3, -0.25) is 0 Å². The number of hydrogen-bond acceptors (Lipinski definition) is 2. The van der Waals surface area contributed by atoms with E-state index in [0.29, 0.717) is 0 Å². The van der Waals surface area contributed by atoms with Crippen LogP contribution in [0.1, 0.15) is 19.8 Å². The van der Waals surface area contributed by atoms with Gasteiger partial charge < -0.3 is 4.74 Å². The number of ether oxygens (including phenoxy) is 1. The predicted octanol–water partition coefficient (Wildman–Crippen LogP) is 4.41. The Bertz CT molecular complexity index is 407. The van der Waals surface area contributed by atoms with Gasteiger partial charge in [-0.05, 0) is 25.0 Å². The van der Waals surface area contributed by atoms with Crippen molar-refractivity contribution in [3.63, 3.8) is 0 Å². The summed E-state index contributed by atoms with van der Waals surface area (Å²) in [6.45, 7) is 2.91. The van der Waals surface area contributed by atoms with Gasteiger partial charge in [-0.25, -0.2) is 0 Å². The predicted molar refractivity (Wildman–Crippen MR) is 69.9 cm³/mol. The van der Waals surface area contributed by atoms with E-state index in [0.717, 1.165) is 25.2 Å². The van der Waals surface area contributed by atoms with Gasteiger partial charge in [0.25, 0.3) is 0 Å². The van der Waals surface area contributed by atoms with E-state index in [9.17, 15) is 0 Å². The zero-order chi connectivity index (χ0) is 11.2. The maximum Gasteiger partial charge on any atom is 0.133 e. The van der Waals surface area contributed by atoms with Crippen molar-refractivity contribution in [2.45, 2.75) is 24.7 Å². The number of allylic oxidation sites excluding steroid dienone is 3. The van der Waals surface area contributed by atoms with Gasteiger partial charge in [0.05, 0.1) is 11.5 Å². The Kier molecular flexibility index (Phi) is 4.11. The molecule has 2 heteroatoms. The van der Waals surface area contributed by atoms with Crippen LogP contribution in [0.25, 0.3) is 0 Å². The molecule has 0 heterocycles. The quantitative estimate of drug-likeness (QED) is 0.743. The summed E-state index contributed by atoms with van der Waals surface area (Å²) in [5.41, 5.74) is 0. The van der Waals surface area contributed by atoms with Gasteiger partial charge in [0.15, 0.2) is 0 Å². The number of rotatable bonds is 5. The van der Waals surface area contributed by atoms with E-state index in [2.05, 4.69) is 37.3 Å². The molecule has 0 aromatic heterocycles. The summed E-state index contributed by atoms with van der Waals surface area (Å²) >= 11 is 1.78. The summed E-state index contributed by atoms with van der Waals surface area (Å²) in [5, 5.41) is 0. The number of benzene rings is 1. The molecule has 0 aliphatic heterocycles. The molecule has 1 aliphatic carbocycles. The van der Waals surface area contributed by atoms with Crippen molar-refractivity contribution < 1.29 is 4.74 Å². The van der Waals surface area contributed by atoms with E-state index >= 15 is 0 Å². The Labute approximate surface area is 101 Å². The lowest BCUT2D eigenvalue weighted by atomic mass is 10.3. The molecule has 1 aromatic rings. The molecule has 0 atom stereocenters. The van der Waals surface area contributed by atoms with E-state index in [4.69, 9.17) is 4.74 Å². The van der Waals surface area contributed by atoms with Gasteiger partial charge >= 0.3 is 0 Å². The maximum atomic E-state index is 5.72. The summed E-state index contributed by atoms with van der Waals surface area (Å²) in [6, 6.07) is 8.23. The van der Waals surface area contributed by atoms with Crippen LogP contribution in [0.2, 0.25) is 0 Å². The lowest BCUT2D eigenvalue weighted by Gasteiger charge is -2.09. The molecule has 0 bridgehead atoms. The van der Waals surface area contributed by atoms with Crippen LogP contribution in [0.15, 0.2) is 52.3 Å². The second-order valence-corrected chi connectivity index (χ2v) is 4.76. The molecule has 0 fully saturated rings. The minimum absolute atomic E-state index is 0.784. The Hall–Kier alpha value is -1.15. The van der Waals surface area contributed by atoms with Crippen molar-refractivity contribution in [1.29, 1.82) is 0 Å². The molecule has 1 aromatic carbocycles. The lowest BCUT2D eigenvalue weighted by Crippen LogP contribution is -1.95. The summed E-state index contributed by atoms with van der Waals surface area (Å²) in [6.07, 6.45) is 8.68. The standard InChI is InChI=1S/C14H16OS/c1-2-11-15-13-9-5-6-10-14(13)16-12-7-3-4-8-12/h3,5-10H,2,4,11H2,1H3. The highest BCUT2D eigenvalue weighted by Gasteiger charge is 2.06. The minimum atomic E-state index is 0.784. The molecule has 1 aliphatic rings. The largest absolute Gasteiger partial charge is 0.492 e. The molecular weight excluding hydrogens is 216 g/mol. The van der Waals surface area contributed by atoms with Gasteiger partial charge in [0.2, 0.25) is 0 Å². The molecule has 0 amide bonds. The fourth-order valence-electron chi connectivity index (χ4n) is 1.50. The summed E-state index contributed by atoms with van der Waals surface area (Å²) in [5.74, 6) is 0.996. The molecule has 0 spiro atoms. The van der Waals surface area contributed by atoms with Gasteiger partial charge in [-0.15, -0.1) is 0 Å². The molecule has 2 rings (SSSR count). The Morgan fingerprint density at radius 2 is 2.19 bits per heavy atom. The van der Waals surface area contributed by atoms with Gasteiger partial charge in [0.1, 0.15) is 5.75 Å². The second-order valence-electron chi connectivity index (χ2n) is 3.64. The number of para-hydroxylation sites is 1. The molecule has 16 heavy (non-hydrogen) atoms. The van der Waals surface area contributed by atoms with E-state index in [1.807, 2.05) is 12.1 Å². The van der Waals surface area contributed by atoms with E-state index in [1.165, 1.54) is 9.80 Å². The first kappa shape index (κ1) is 11.3. The summed E-state index contributed by atoms with van der Waals surface area (Å²) in [7, 11) is 0. The zero-order valence-corrected chi connectivity index (χ0v) is 10.3. The van der Waals surface area contributed by atoms with Crippen molar-refractivity contribution in [3.05, 3.63) is 47.4 Å². The third-order valence-corrected chi connectivity index (χ3v) is 3.37. The normalized spacial score (nSPS) is 13.9. The zero-order valence-electron chi connectivity index (χ0n) is 9.48. The molecule has 1 nitrogen and oxygen atoms in total. The third kappa shape index (κ3) is 2.92. The van der Waals surface area contributed by atoms with Crippen LogP contribution in [-0.4, -0.2) is 6.61 Å². The van der Waals surface area contributed by atoms with Crippen LogP contribution in [0.3, 0.4) is 0 Å². The van der Waals surface area contributed by atoms with Crippen LogP contribution < -0.4 is 4.74 Å². The van der Waals surface area contributed by atoms with Crippen molar-refractivity contribution in [2.24, 2.45) is 0 Å². The molecule has 0 unspecified atom stereocenters. The van der Waals surface area contributed by atoms with Gasteiger partial charge in [-0.1, -0.05) is 49.0 Å². The molecule has 84 valence electrons. The first-order chi connectivity index (χ1) is 7.90. The molecule has 0 saturated carbocycles. The summed E-state index contributed by atoms with van der Waals surface area (Å²) in [4.78, 5) is 2.52. The molecule has 0 saturated heterocycles. The first-order valence-electron chi connectivity index (χ1n) is 5.66. The Morgan fingerprint density at radius 3 is 2.94 bits per heavy atom. The van der Waals surface area contributed by atoms with Crippen LogP contribution >= 0.6 is 11.8 Å². The van der Waals surface area contributed by atoms with Crippen molar-refractivity contribution >= 4 is 11.8 Å². The minimum Gasteiger partial charge on any atom is -0.492 e. The lowest BCUT2D eigenvalue weighted by molar-refractivity contribution is 0.310.